The number of hydrogen-bond acceptors (Lipinski definition) is 2. The van der Waals surface area contributed by atoms with Crippen molar-refractivity contribution in [3.8, 4) is 22.3 Å². The van der Waals surface area contributed by atoms with Crippen molar-refractivity contribution in [2.75, 3.05) is 5.73 Å². The Morgan fingerprint density at radius 3 is 2.29 bits per heavy atom. The Hall–Kier alpha value is -3.65. The van der Waals surface area contributed by atoms with Crippen LogP contribution in [-0.4, -0.2) is 5.78 Å². The van der Waals surface area contributed by atoms with E-state index in [0.717, 1.165) is 17.5 Å². The largest absolute Gasteiger partial charge is 0.398 e. The van der Waals surface area contributed by atoms with Crippen molar-refractivity contribution in [1.29, 1.82) is 0 Å². The SMILES string of the molecule is Nc1ccc(-c2cccc3c2Cc2ccccc2-3)cc1C(=O)c1ccccc1. The molecular formula is C26H19NO. The Morgan fingerprint density at radius 2 is 1.43 bits per heavy atom. The molecule has 0 atom stereocenters. The standard InChI is InChI=1S/C26H19NO/c27-25-14-13-19(16-24(25)26(28)17-7-2-1-3-8-17)21-11-6-12-22-20-10-5-4-9-18(20)15-23(21)22/h1-14,16H,15,27H2. The molecule has 0 saturated carbocycles. The molecule has 0 heterocycles. The molecule has 1 aliphatic carbocycles. The zero-order valence-corrected chi connectivity index (χ0v) is 15.4. The van der Waals surface area contributed by atoms with Gasteiger partial charge in [-0.25, -0.2) is 0 Å². The average molecular weight is 361 g/mol. The summed E-state index contributed by atoms with van der Waals surface area (Å²) in [5, 5.41) is 0. The quantitative estimate of drug-likeness (QED) is 0.329. The molecule has 134 valence electrons. The van der Waals surface area contributed by atoms with E-state index in [2.05, 4.69) is 42.5 Å². The molecule has 2 nitrogen and oxygen atoms in total. The highest BCUT2D eigenvalue weighted by Crippen LogP contribution is 2.41. The number of benzene rings is 4. The van der Waals surface area contributed by atoms with E-state index in [9.17, 15) is 4.79 Å². The molecule has 0 unspecified atom stereocenters. The lowest BCUT2D eigenvalue weighted by molar-refractivity contribution is 0.103. The summed E-state index contributed by atoms with van der Waals surface area (Å²) in [5.74, 6) is -0.0455. The molecule has 0 bridgehead atoms. The molecule has 5 rings (SSSR count). The molecule has 28 heavy (non-hydrogen) atoms. The van der Waals surface area contributed by atoms with Crippen molar-refractivity contribution in [2.24, 2.45) is 0 Å². The molecule has 0 aliphatic heterocycles. The molecule has 0 fully saturated rings. The van der Waals surface area contributed by atoms with Crippen LogP contribution in [0.1, 0.15) is 27.0 Å². The fourth-order valence-corrected chi connectivity index (χ4v) is 4.09. The van der Waals surface area contributed by atoms with E-state index in [0.29, 0.717) is 16.8 Å². The molecule has 2 heteroatoms. The normalized spacial score (nSPS) is 11.7. The van der Waals surface area contributed by atoms with E-state index in [1.54, 1.807) is 0 Å². The maximum Gasteiger partial charge on any atom is 0.195 e. The Morgan fingerprint density at radius 1 is 0.714 bits per heavy atom. The first kappa shape index (κ1) is 16.5. The number of ketones is 1. The number of nitrogen functional groups attached to an aromatic ring is 1. The lowest BCUT2D eigenvalue weighted by atomic mass is 9.92. The van der Waals surface area contributed by atoms with Crippen LogP contribution in [0.3, 0.4) is 0 Å². The minimum absolute atomic E-state index is 0.0455. The first-order valence-corrected chi connectivity index (χ1v) is 9.42. The molecule has 4 aromatic carbocycles. The Bertz CT molecular complexity index is 1210. The third kappa shape index (κ3) is 2.62. The van der Waals surface area contributed by atoms with Crippen LogP contribution in [0.5, 0.6) is 0 Å². The van der Waals surface area contributed by atoms with Gasteiger partial charge in [0.25, 0.3) is 0 Å². The van der Waals surface area contributed by atoms with Crippen molar-refractivity contribution < 1.29 is 4.79 Å². The molecule has 0 aromatic heterocycles. The Labute approximate surface area is 164 Å². The monoisotopic (exact) mass is 361 g/mol. The minimum Gasteiger partial charge on any atom is -0.398 e. The van der Waals surface area contributed by atoms with Gasteiger partial charge in [-0.2, -0.15) is 0 Å². The van der Waals surface area contributed by atoms with Gasteiger partial charge in [0.15, 0.2) is 5.78 Å². The van der Waals surface area contributed by atoms with Crippen LogP contribution in [-0.2, 0) is 6.42 Å². The van der Waals surface area contributed by atoms with Crippen LogP contribution >= 0.6 is 0 Å². The fourth-order valence-electron chi connectivity index (χ4n) is 4.09. The zero-order valence-electron chi connectivity index (χ0n) is 15.4. The van der Waals surface area contributed by atoms with Crippen molar-refractivity contribution in [3.63, 3.8) is 0 Å². The van der Waals surface area contributed by atoms with Gasteiger partial charge >= 0.3 is 0 Å². The Kier molecular flexibility index (Phi) is 3.84. The summed E-state index contributed by atoms with van der Waals surface area (Å²) in [6, 6.07) is 30.0. The van der Waals surface area contributed by atoms with Gasteiger partial charge in [0, 0.05) is 16.8 Å². The summed E-state index contributed by atoms with van der Waals surface area (Å²) in [7, 11) is 0. The number of nitrogens with two attached hydrogens (primary N) is 1. The lowest BCUT2D eigenvalue weighted by Gasteiger charge is -2.12. The van der Waals surface area contributed by atoms with Gasteiger partial charge in [-0.3, -0.25) is 4.79 Å². The topological polar surface area (TPSA) is 43.1 Å². The number of carbonyl (C=O) groups excluding carboxylic acids is 1. The second-order valence-electron chi connectivity index (χ2n) is 7.16. The van der Waals surface area contributed by atoms with Crippen molar-refractivity contribution >= 4 is 11.5 Å². The average Bonchev–Trinajstić information content (AvgIpc) is 3.13. The van der Waals surface area contributed by atoms with E-state index in [-0.39, 0.29) is 5.78 Å². The van der Waals surface area contributed by atoms with Crippen LogP contribution < -0.4 is 5.73 Å². The van der Waals surface area contributed by atoms with Gasteiger partial charge in [0.05, 0.1) is 0 Å². The summed E-state index contributed by atoms with van der Waals surface area (Å²) in [6.07, 6.45) is 0.911. The number of carbonyl (C=O) groups is 1. The van der Waals surface area contributed by atoms with Gasteiger partial charge in [-0.05, 0) is 51.9 Å². The second-order valence-corrected chi connectivity index (χ2v) is 7.16. The summed E-state index contributed by atoms with van der Waals surface area (Å²) in [5.41, 5.74) is 15.3. The van der Waals surface area contributed by atoms with Crippen LogP contribution in [0, 0.1) is 0 Å². The van der Waals surface area contributed by atoms with Gasteiger partial charge in [0.2, 0.25) is 0 Å². The number of anilines is 1. The summed E-state index contributed by atoms with van der Waals surface area (Å²) >= 11 is 0. The molecule has 4 aromatic rings. The predicted octanol–water partition coefficient (Wildman–Crippen LogP) is 5.74. The fraction of sp³-hybridized carbons (Fsp3) is 0.0385. The van der Waals surface area contributed by atoms with Crippen LogP contribution in [0.15, 0.2) is 91.0 Å². The summed E-state index contributed by atoms with van der Waals surface area (Å²) < 4.78 is 0. The van der Waals surface area contributed by atoms with E-state index in [1.165, 1.54) is 22.3 Å². The molecule has 0 spiro atoms. The number of hydrogen-bond donors (Lipinski definition) is 1. The molecule has 0 radical (unpaired) electrons. The van der Waals surface area contributed by atoms with Crippen LogP contribution in [0.25, 0.3) is 22.3 Å². The van der Waals surface area contributed by atoms with Crippen molar-refractivity contribution in [1.82, 2.24) is 0 Å². The van der Waals surface area contributed by atoms with E-state index in [1.807, 2.05) is 48.5 Å². The molecule has 2 N–H and O–H groups in total. The van der Waals surface area contributed by atoms with Crippen LogP contribution in [0.4, 0.5) is 5.69 Å². The molecule has 0 amide bonds. The lowest BCUT2D eigenvalue weighted by Crippen LogP contribution is -2.05. The highest BCUT2D eigenvalue weighted by Gasteiger charge is 2.22. The third-order valence-corrected chi connectivity index (χ3v) is 5.50. The predicted molar refractivity (Wildman–Crippen MR) is 114 cm³/mol. The smallest absolute Gasteiger partial charge is 0.195 e. The van der Waals surface area contributed by atoms with Gasteiger partial charge in [-0.1, -0.05) is 78.9 Å². The molecule has 0 saturated heterocycles. The van der Waals surface area contributed by atoms with Crippen molar-refractivity contribution in [2.45, 2.75) is 6.42 Å². The number of rotatable bonds is 3. The minimum atomic E-state index is -0.0455. The maximum absolute atomic E-state index is 13.0. The van der Waals surface area contributed by atoms with E-state index >= 15 is 0 Å². The number of fused-ring (bicyclic) bond motifs is 3. The van der Waals surface area contributed by atoms with Gasteiger partial charge in [-0.15, -0.1) is 0 Å². The third-order valence-electron chi connectivity index (χ3n) is 5.50. The molecular weight excluding hydrogens is 342 g/mol. The second kappa shape index (κ2) is 6.50. The zero-order chi connectivity index (χ0) is 19.1. The summed E-state index contributed by atoms with van der Waals surface area (Å²) in [4.78, 5) is 13.0. The van der Waals surface area contributed by atoms with Crippen molar-refractivity contribution in [3.05, 3.63) is 113 Å². The maximum atomic E-state index is 13.0. The van der Waals surface area contributed by atoms with Crippen LogP contribution in [0.2, 0.25) is 0 Å². The Balaban J connectivity index is 1.62. The highest BCUT2D eigenvalue weighted by molar-refractivity contribution is 6.12. The van der Waals surface area contributed by atoms with E-state index < -0.39 is 0 Å². The highest BCUT2D eigenvalue weighted by atomic mass is 16.1. The first-order valence-electron chi connectivity index (χ1n) is 9.42. The molecule has 1 aliphatic rings. The van der Waals surface area contributed by atoms with Gasteiger partial charge in [0.1, 0.15) is 0 Å². The first-order chi connectivity index (χ1) is 13.7. The summed E-state index contributed by atoms with van der Waals surface area (Å²) in [6.45, 7) is 0. The van der Waals surface area contributed by atoms with E-state index in [4.69, 9.17) is 5.73 Å². The van der Waals surface area contributed by atoms with Gasteiger partial charge < -0.3 is 5.73 Å².